The smallest absolute Gasteiger partial charge is 0.135 e. The van der Waals surface area contributed by atoms with E-state index in [9.17, 15) is 0 Å². The quantitative estimate of drug-likeness (QED) is 0.187. The maximum Gasteiger partial charge on any atom is 0.135 e. The second-order valence-corrected chi connectivity index (χ2v) is 12.2. The molecule has 8 aromatic carbocycles. The lowest BCUT2D eigenvalue weighted by Crippen LogP contribution is -1.92. The van der Waals surface area contributed by atoms with E-state index < -0.39 is 0 Å². The van der Waals surface area contributed by atoms with Gasteiger partial charge in [0.25, 0.3) is 0 Å². The molecule has 1 nitrogen and oxygen atoms in total. The van der Waals surface area contributed by atoms with Crippen molar-refractivity contribution in [3.8, 4) is 44.5 Å². The van der Waals surface area contributed by atoms with Crippen LogP contribution in [0.2, 0.25) is 0 Å². The van der Waals surface area contributed by atoms with Crippen molar-refractivity contribution in [2.45, 2.75) is 6.92 Å². The molecule has 0 aliphatic rings. The summed E-state index contributed by atoms with van der Waals surface area (Å²) < 4.78 is 6.10. The van der Waals surface area contributed by atoms with Crippen LogP contribution in [0.4, 0.5) is 0 Å². The zero-order valence-corrected chi connectivity index (χ0v) is 25.5. The second kappa shape index (κ2) is 10.6. The van der Waals surface area contributed by atoms with Crippen molar-refractivity contribution >= 4 is 43.5 Å². The molecule has 1 aromatic heterocycles. The molecule has 0 atom stereocenters. The molecule has 0 unspecified atom stereocenters. The van der Waals surface area contributed by atoms with Gasteiger partial charge < -0.3 is 4.42 Å². The summed E-state index contributed by atoms with van der Waals surface area (Å²) in [6.45, 7) is 2.18. The molecule has 0 fully saturated rings. The molecular weight excluding hydrogens is 556 g/mol. The monoisotopic (exact) mass is 586 g/mol. The highest BCUT2D eigenvalue weighted by Gasteiger charge is 2.18. The third-order valence-corrected chi connectivity index (χ3v) is 9.30. The fourth-order valence-corrected chi connectivity index (χ4v) is 7.14. The number of hydrogen-bond acceptors (Lipinski definition) is 1. The van der Waals surface area contributed by atoms with Crippen molar-refractivity contribution < 1.29 is 4.42 Å². The lowest BCUT2D eigenvalue weighted by Gasteiger charge is -2.19. The van der Waals surface area contributed by atoms with Gasteiger partial charge in [-0.2, -0.15) is 0 Å². The molecule has 0 aliphatic carbocycles. The Morgan fingerprint density at radius 1 is 0.304 bits per heavy atom. The minimum Gasteiger partial charge on any atom is -0.456 e. The maximum absolute atomic E-state index is 6.10. The molecule has 216 valence electrons. The summed E-state index contributed by atoms with van der Waals surface area (Å²) in [5.74, 6) is 0. The minimum absolute atomic E-state index is 0.917. The Morgan fingerprint density at radius 2 is 0.804 bits per heavy atom. The molecule has 9 aromatic rings. The highest BCUT2D eigenvalue weighted by Crippen LogP contribution is 2.45. The SMILES string of the molecule is Cc1ccc2c(-c3ccccc3)c3cc(-c4cccc(-c5ccc6oc7ccccc7c6c5)c4)ccc3c(-c3ccccc3)c2c1. The Bertz CT molecular complexity index is 2570. The van der Waals surface area contributed by atoms with E-state index in [-0.39, 0.29) is 0 Å². The Morgan fingerprint density at radius 3 is 1.50 bits per heavy atom. The van der Waals surface area contributed by atoms with Gasteiger partial charge in [0.15, 0.2) is 0 Å². The van der Waals surface area contributed by atoms with Gasteiger partial charge >= 0.3 is 0 Å². The van der Waals surface area contributed by atoms with Gasteiger partial charge in [0.05, 0.1) is 0 Å². The predicted molar refractivity (Wildman–Crippen MR) is 195 cm³/mol. The van der Waals surface area contributed by atoms with Gasteiger partial charge in [0.1, 0.15) is 11.2 Å². The average molecular weight is 587 g/mol. The largest absolute Gasteiger partial charge is 0.456 e. The van der Waals surface area contributed by atoms with Gasteiger partial charge in [-0.1, -0.05) is 139 Å². The van der Waals surface area contributed by atoms with E-state index in [0.717, 1.165) is 21.9 Å². The van der Waals surface area contributed by atoms with Crippen LogP contribution in [0.3, 0.4) is 0 Å². The molecule has 0 aliphatic heterocycles. The molecule has 0 bridgehead atoms. The van der Waals surface area contributed by atoms with Crippen molar-refractivity contribution in [2.24, 2.45) is 0 Å². The lowest BCUT2D eigenvalue weighted by atomic mass is 9.84. The van der Waals surface area contributed by atoms with E-state index in [1.165, 1.54) is 71.6 Å². The predicted octanol–water partition coefficient (Wildman–Crippen LogP) is 12.9. The van der Waals surface area contributed by atoms with Crippen LogP contribution in [0.5, 0.6) is 0 Å². The van der Waals surface area contributed by atoms with Crippen LogP contribution >= 0.6 is 0 Å². The second-order valence-electron chi connectivity index (χ2n) is 12.2. The van der Waals surface area contributed by atoms with E-state index >= 15 is 0 Å². The van der Waals surface area contributed by atoms with Crippen LogP contribution in [0.1, 0.15) is 5.56 Å². The van der Waals surface area contributed by atoms with Crippen LogP contribution in [0.15, 0.2) is 168 Å². The Hall–Kier alpha value is -5.92. The van der Waals surface area contributed by atoms with Gasteiger partial charge in [-0.15, -0.1) is 0 Å². The molecular formula is C45H30O. The summed E-state index contributed by atoms with van der Waals surface area (Å²) in [5, 5.41) is 7.38. The molecule has 0 saturated carbocycles. The molecule has 0 spiro atoms. The zero-order chi connectivity index (χ0) is 30.6. The van der Waals surface area contributed by atoms with E-state index in [0.29, 0.717) is 0 Å². The number of aryl methyl sites for hydroxylation is 1. The average Bonchev–Trinajstić information content (AvgIpc) is 3.49. The van der Waals surface area contributed by atoms with Crippen LogP contribution in [0.25, 0.3) is 88.0 Å². The first-order valence-electron chi connectivity index (χ1n) is 15.8. The summed E-state index contributed by atoms with van der Waals surface area (Å²) in [6.07, 6.45) is 0. The normalized spacial score (nSPS) is 11.6. The summed E-state index contributed by atoms with van der Waals surface area (Å²) in [7, 11) is 0. The first-order valence-corrected chi connectivity index (χ1v) is 15.8. The Labute approximate surface area is 268 Å². The highest BCUT2D eigenvalue weighted by atomic mass is 16.3. The van der Waals surface area contributed by atoms with E-state index in [1.54, 1.807) is 0 Å². The lowest BCUT2D eigenvalue weighted by molar-refractivity contribution is 0.669. The van der Waals surface area contributed by atoms with Gasteiger partial charge in [-0.3, -0.25) is 0 Å². The minimum atomic E-state index is 0.917. The molecule has 9 rings (SSSR count). The number of furan rings is 1. The number of fused-ring (bicyclic) bond motifs is 5. The van der Waals surface area contributed by atoms with Crippen molar-refractivity contribution in [2.75, 3.05) is 0 Å². The van der Waals surface area contributed by atoms with Crippen LogP contribution < -0.4 is 0 Å². The van der Waals surface area contributed by atoms with E-state index in [4.69, 9.17) is 4.42 Å². The fraction of sp³-hybridized carbons (Fsp3) is 0.0222. The van der Waals surface area contributed by atoms with Gasteiger partial charge in [0.2, 0.25) is 0 Å². The fourth-order valence-electron chi connectivity index (χ4n) is 7.14. The molecule has 0 radical (unpaired) electrons. The zero-order valence-electron chi connectivity index (χ0n) is 25.5. The first kappa shape index (κ1) is 26.5. The summed E-state index contributed by atoms with van der Waals surface area (Å²) in [5.41, 5.74) is 12.9. The first-order chi connectivity index (χ1) is 22.7. The van der Waals surface area contributed by atoms with E-state index in [2.05, 4.69) is 159 Å². The Kier molecular flexibility index (Phi) is 6.11. The van der Waals surface area contributed by atoms with Crippen LogP contribution in [-0.4, -0.2) is 0 Å². The van der Waals surface area contributed by atoms with Crippen molar-refractivity contribution in [3.63, 3.8) is 0 Å². The van der Waals surface area contributed by atoms with Gasteiger partial charge in [-0.25, -0.2) is 0 Å². The molecule has 1 heteroatoms. The van der Waals surface area contributed by atoms with Crippen molar-refractivity contribution in [1.82, 2.24) is 0 Å². The Balaban J connectivity index is 1.28. The molecule has 46 heavy (non-hydrogen) atoms. The topological polar surface area (TPSA) is 13.1 Å². The summed E-state index contributed by atoms with van der Waals surface area (Å²) >= 11 is 0. The van der Waals surface area contributed by atoms with Crippen LogP contribution in [0, 0.1) is 6.92 Å². The number of para-hydroxylation sites is 1. The van der Waals surface area contributed by atoms with E-state index in [1.807, 2.05) is 12.1 Å². The van der Waals surface area contributed by atoms with Crippen molar-refractivity contribution in [3.05, 3.63) is 169 Å². The maximum atomic E-state index is 6.10. The van der Waals surface area contributed by atoms with Gasteiger partial charge in [-0.05, 0) is 103 Å². The molecule has 0 amide bonds. The van der Waals surface area contributed by atoms with Gasteiger partial charge in [0, 0.05) is 10.8 Å². The number of benzene rings is 8. The standard InChI is InChI=1S/C45H30O/c1-29-19-22-37-40(25-29)44(30-11-4-2-5-12-30)38-23-20-34(28-41(38)45(37)31-13-6-3-7-14-31)32-15-10-16-33(26-32)35-21-24-43-39(27-35)36-17-8-9-18-42(36)46-43/h2-28H,1H3. The summed E-state index contributed by atoms with van der Waals surface area (Å²) in [6, 6.07) is 59.3. The van der Waals surface area contributed by atoms with Crippen molar-refractivity contribution in [1.29, 1.82) is 0 Å². The molecule has 0 saturated heterocycles. The third kappa shape index (κ3) is 4.32. The summed E-state index contributed by atoms with van der Waals surface area (Å²) in [4.78, 5) is 0. The number of rotatable bonds is 4. The van der Waals surface area contributed by atoms with Crippen LogP contribution in [-0.2, 0) is 0 Å². The highest BCUT2D eigenvalue weighted by molar-refractivity contribution is 6.22. The third-order valence-electron chi connectivity index (χ3n) is 9.30. The molecule has 0 N–H and O–H groups in total. The molecule has 1 heterocycles. The number of hydrogen-bond donors (Lipinski definition) is 0.